The number of aliphatic hydroxyl groups is 1. The highest BCUT2D eigenvalue weighted by Crippen LogP contribution is 2.60. The molecule has 19 N–H and O–H groups in total. The Labute approximate surface area is 208 Å². The van der Waals surface area contributed by atoms with Crippen LogP contribution in [0.1, 0.15) is 12.6 Å². The van der Waals surface area contributed by atoms with Crippen LogP contribution in [0.4, 0.5) is 10.2 Å². The summed E-state index contributed by atoms with van der Waals surface area (Å²) in [6.07, 6.45) is 4.13. The van der Waals surface area contributed by atoms with Crippen molar-refractivity contribution in [1.82, 2.24) is 39.1 Å². The number of terminal acetylenes is 1. The second-order valence-electron chi connectivity index (χ2n) is 6.48. The lowest BCUT2D eigenvalue weighted by Crippen LogP contribution is -2.42. The smallest absolute Gasteiger partial charge is 0.278 e. The molecule has 0 spiro atoms. The molecule has 24 heteroatoms. The number of aliphatic hydroxyl groups excluding tert-OH is 1. The predicted octanol–water partition coefficient (Wildman–Crippen LogP) is -0.875. The minimum Gasteiger partial charge on any atom is -0.790 e. The average molecular weight is 600 g/mol. The van der Waals surface area contributed by atoms with E-state index in [1.54, 1.807) is 0 Å². The maximum absolute atomic E-state index is 14.3. The van der Waals surface area contributed by atoms with Gasteiger partial charge >= 0.3 is 0 Å². The number of quaternary nitrogens is 4. The van der Waals surface area contributed by atoms with Gasteiger partial charge in [0.15, 0.2) is 17.1 Å². The Balaban J connectivity index is 0. The first-order valence-electron chi connectivity index (χ1n) is 8.39. The van der Waals surface area contributed by atoms with Crippen molar-refractivity contribution in [1.29, 1.82) is 0 Å². The van der Waals surface area contributed by atoms with Gasteiger partial charge in [-0.05, 0) is 0 Å². The van der Waals surface area contributed by atoms with Gasteiger partial charge in [0.2, 0.25) is 0 Å². The number of halogens is 1. The number of aromatic nitrogens is 3. The van der Waals surface area contributed by atoms with Crippen LogP contribution in [0.25, 0.3) is 11.0 Å². The minimum atomic E-state index is -6.20. The molecular weight excluding hydrogens is 572 g/mol. The molecule has 37 heavy (non-hydrogen) atoms. The van der Waals surface area contributed by atoms with E-state index in [1.165, 1.54) is 0 Å². The van der Waals surface area contributed by atoms with Crippen molar-refractivity contribution in [2.24, 2.45) is 0 Å². The number of hydrogen-bond donors (Lipinski definition) is 6. The molecule has 0 aliphatic carbocycles. The van der Waals surface area contributed by atoms with Crippen LogP contribution in [-0.2, 0) is 31.6 Å². The zero-order chi connectivity index (χ0) is 24.8. The Hall–Kier alpha value is -1.92. The van der Waals surface area contributed by atoms with Crippen LogP contribution in [0.2, 0.25) is 0 Å². The Kier molecular flexibility index (Phi) is 12.8. The van der Waals surface area contributed by atoms with Gasteiger partial charge in [-0.15, -0.1) is 6.42 Å². The zero-order valence-corrected chi connectivity index (χ0v) is 22.6. The summed E-state index contributed by atoms with van der Waals surface area (Å²) in [5, 5.41) is 10.2. The fourth-order valence-electron chi connectivity index (χ4n) is 2.96. The highest BCUT2D eigenvalue weighted by atomic mass is 31.3. The maximum atomic E-state index is 14.3. The summed E-state index contributed by atoms with van der Waals surface area (Å²) >= 11 is 0. The van der Waals surface area contributed by atoms with Crippen molar-refractivity contribution in [3.05, 3.63) is 18.3 Å². The van der Waals surface area contributed by atoms with Crippen molar-refractivity contribution < 1.29 is 60.6 Å². The molecule has 3 heterocycles. The summed E-state index contributed by atoms with van der Waals surface area (Å²) in [6.45, 7) is -1.23. The summed E-state index contributed by atoms with van der Waals surface area (Å²) in [5.74, 6) is 0.956. The SMILES string of the molecule is C#C[C@]1(COP(=O)([O-])OP(=O)([O-])OP(=O)([O-])[O-])O[C@@H](n2cc(F)c3c(N)ncnc32)C[C@@H]1O.[NH4+].[NH4+].[NH4+].[NH4+]. The van der Waals surface area contributed by atoms with E-state index in [1.807, 2.05) is 5.92 Å². The number of phosphoric ester groups is 1. The molecule has 1 aliphatic heterocycles. The van der Waals surface area contributed by atoms with Crippen LogP contribution < -0.4 is 49.9 Å². The van der Waals surface area contributed by atoms with E-state index in [0.717, 1.165) is 17.1 Å². The number of nitrogen functional groups attached to an aromatic ring is 1. The van der Waals surface area contributed by atoms with Crippen LogP contribution in [-0.4, -0.2) is 38.0 Å². The Morgan fingerprint density at radius 2 is 1.78 bits per heavy atom. The summed E-state index contributed by atoms with van der Waals surface area (Å²) in [6, 6.07) is 0. The maximum Gasteiger partial charge on any atom is 0.278 e. The quantitative estimate of drug-likeness (QED) is 0.158. The third-order valence-electron chi connectivity index (χ3n) is 4.29. The van der Waals surface area contributed by atoms with Gasteiger partial charge in [-0.2, -0.15) is 0 Å². The molecule has 1 saturated heterocycles. The normalized spacial score (nSPS) is 24.2. The Morgan fingerprint density at radius 1 is 1.19 bits per heavy atom. The lowest BCUT2D eigenvalue weighted by molar-refractivity contribution is -0.339. The largest absolute Gasteiger partial charge is 0.790 e. The van der Waals surface area contributed by atoms with Crippen molar-refractivity contribution in [2.45, 2.75) is 24.4 Å². The van der Waals surface area contributed by atoms with Crippen molar-refractivity contribution >= 4 is 40.3 Å². The highest BCUT2D eigenvalue weighted by Gasteiger charge is 2.49. The molecule has 5 atom stereocenters. The second kappa shape index (κ2) is 12.8. The average Bonchev–Trinajstić information content (AvgIpc) is 3.15. The lowest BCUT2D eigenvalue weighted by Gasteiger charge is -2.38. The molecule has 0 amide bonds. The number of rotatable bonds is 8. The van der Waals surface area contributed by atoms with Crippen LogP contribution in [0, 0.1) is 18.2 Å². The minimum absolute atomic E-state index is 0. The van der Waals surface area contributed by atoms with E-state index < -0.39 is 53.8 Å². The number of fused-ring (bicyclic) bond motifs is 1. The molecule has 2 aromatic heterocycles. The standard InChI is InChI=1S/C13H16FN4O12P3.4H3N/c1-2-13(5-27-32(23,24)30-33(25,26)29-31(20,21)22)8(19)3-9(28-13)18-4-7(14)10-11(15)16-6-17-12(10)18;;;;/h1,4,6,8-9,19H,3,5H2,(H,23,24)(H,25,26)(H2,15,16,17)(H2,20,21,22);4*1H3/t8-,9+,13+;;;;/m0..../s1. The van der Waals surface area contributed by atoms with E-state index in [4.69, 9.17) is 16.9 Å². The number of hydrogen-bond acceptors (Lipinski definition) is 15. The fraction of sp³-hybridized carbons (Fsp3) is 0.385. The van der Waals surface area contributed by atoms with Crippen molar-refractivity contribution in [3.8, 4) is 12.3 Å². The number of nitrogens with two attached hydrogens (primary N) is 1. The monoisotopic (exact) mass is 600 g/mol. The van der Waals surface area contributed by atoms with Gasteiger partial charge in [-0.3, -0.25) is 13.4 Å². The van der Waals surface area contributed by atoms with Crippen molar-refractivity contribution in [3.63, 3.8) is 0 Å². The van der Waals surface area contributed by atoms with Crippen LogP contribution >= 0.6 is 23.5 Å². The van der Waals surface area contributed by atoms with Gasteiger partial charge in [0.25, 0.3) is 15.6 Å². The van der Waals surface area contributed by atoms with E-state index >= 15 is 0 Å². The fourth-order valence-corrected chi connectivity index (χ4v) is 5.85. The van der Waals surface area contributed by atoms with Crippen LogP contribution in [0.5, 0.6) is 0 Å². The van der Waals surface area contributed by atoms with E-state index in [9.17, 15) is 42.8 Å². The Morgan fingerprint density at radius 3 is 2.32 bits per heavy atom. The molecule has 0 aromatic carbocycles. The number of phosphoric acid groups is 3. The van der Waals surface area contributed by atoms with Crippen LogP contribution in [0.15, 0.2) is 12.5 Å². The molecule has 0 saturated carbocycles. The Bertz CT molecular complexity index is 1270. The molecule has 1 aliphatic rings. The molecule has 2 aromatic rings. The molecule has 1 fully saturated rings. The first kappa shape index (κ1) is 37.2. The highest BCUT2D eigenvalue weighted by molar-refractivity contribution is 7.64. The lowest BCUT2D eigenvalue weighted by atomic mass is 9.99. The van der Waals surface area contributed by atoms with Gasteiger partial charge in [0.05, 0.1) is 19.8 Å². The molecule has 214 valence electrons. The zero-order valence-electron chi connectivity index (χ0n) is 19.9. The molecule has 0 radical (unpaired) electrons. The second-order valence-corrected chi connectivity index (χ2v) is 10.7. The summed E-state index contributed by atoms with van der Waals surface area (Å²) < 4.78 is 65.1. The van der Waals surface area contributed by atoms with Crippen molar-refractivity contribution in [2.75, 3.05) is 12.3 Å². The van der Waals surface area contributed by atoms with Gasteiger partial charge in [0.1, 0.15) is 24.5 Å². The molecule has 20 nitrogen and oxygen atoms in total. The van der Waals surface area contributed by atoms with E-state index in [-0.39, 0.29) is 47.9 Å². The van der Waals surface area contributed by atoms with Crippen LogP contribution in [0.3, 0.4) is 0 Å². The third kappa shape index (κ3) is 8.28. The molecule has 3 rings (SSSR count). The summed E-state index contributed by atoms with van der Waals surface area (Å²) in [4.78, 5) is 51.3. The predicted molar refractivity (Wildman–Crippen MR) is 119 cm³/mol. The number of anilines is 1. The number of nitrogens with zero attached hydrogens (tertiary/aromatic N) is 3. The van der Waals surface area contributed by atoms with Gasteiger partial charge < -0.3 is 73.4 Å². The molecule has 0 bridgehead atoms. The topological polar surface area (TPSA) is 403 Å². The van der Waals surface area contributed by atoms with E-state index in [0.29, 0.717) is 0 Å². The first-order chi connectivity index (χ1) is 15.1. The van der Waals surface area contributed by atoms with Gasteiger partial charge in [0, 0.05) is 12.6 Å². The third-order valence-corrected chi connectivity index (χ3v) is 7.94. The van der Waals surface area contributed by atoms with Gasteiger partial charge in [-0.1, -0.05) is 5.92 Å². The molecule has 2 unspecified atom stereocenters. The molecular formula is C13H28FN8O12P3. The van der Waals surface area contributed by atoms with Gasteiger partial charge in [-0.25, -0.2) is 18.7 Å². The summed E-state index contributed by atoms with van der Waals surface area (Å²) in [7, 11) is -18.3. The summed E-state index contributed by atoms with van der Waals surface area (Å²) in [5.41, 5.74) is 3.36. The first-order valence-corrected chi connectivity index (χ1v) is 12.8. The number of ether oxygens (including phenoxy) is 1. The van der Waals surface area contributed by atoms with E-state index in [2.05, 4.69) is 23.1 Å².